The van der Waals surface area contributed by atoms with Crippen LogP contribution in [-0.2, 0) is 0 Å². The van der Waals surface area contributed by atoms with E-state index in [2.05, 4.69) is 34.4 Å². The third kappa shape index (κ3) is 3.45. The Kier molecular flexibility index (Phi) is 5.00. The Hall–Kier alpha value is -0.620. The lowest BCUT2D eigenvalue weighted by atomic mass is 10.2. The van der Waals surface area contributed by atoms with Gasteiger partial charge in [0, 0.05) is 35.3 Å². The van der Waals surface area contributed by atoms with Crippen LogP contribution in [0.1, 0.15) is 23.7 Å². The molecule has 1 saturated heterocycles. The van der Waals surface area contributed by atoms with Gasteiger partial charge in [0.05, 0.1) is 0 Å². The van der Waals surface area contributed by atoms with Crippen LogP contribution in [0, 0.1) is 3.57 Å². The SMILES string of the molecule is CCCN1CCN(C(=O)c2ccc(I)cc2)CC1. The van der Waals surface area contributed by atoms with Crippen molar-refractivity contribution in [3.63, 3.8) is 0 Å². The van der Waals surface area contributed by atoms with Crippen molar-refractivity contribution in [1.29, 1.82) is 0 Å². The Morgan fingerprint density at radius 1 is 1.17 bits per heavy atom. The molecule has 0 aliphatic carbocycles. The quantitative estimate of drug-likeness (QED) is 0.775. The van der Waals surface area contributed by atoms with E-state index in [4.69, 9.17) is 0 Å². The summed E-state index contributed by atoms with van der Waals surface area (Å²) in [6.07, 6.45) is 1.19. The first-order valence-corrected chi connectivity index (χ1v) is 7.56. The van der Waals surface area contributed by atoms with Gasteiger partial charge in [-0.2, -0.15) is 0 Å². The van der Waals surface area contributed by atoms with E-state index in [0.29, 0.717) is 0 Å². The van der Waals surface area contributed by atoms with Crippen LogP contribution < -0.4 is 0 Å². The highest BCUT2D eigenvalue weighted by Gasteiger charge is 2.21. The van der Waals surface area contributed by atoms with Crippen molar-refractivity contribution < 1.29 is 4.79 Å². The lowest BCUT2D eigenvalue weighted by molar-refractivity contribution is 0.0637. The Labute approximate surface area is 122 Å². The van der Waals surface area contributed by atoms with Crippen molar-refractivity contribution in [2.45, 2.75) is 13.3 Å². The molecule has 0 aromatic heterocycles. The maximum absolute atomic E-state index is 12.3. The van der Waals surface area contributed by atoms with E-state index in [0.717, 1.165) is 41.9 Å². The van der Waals surface area contributed by atoms with Crippen LogP contribution in [-0.4, -0.2) is 48.4 Å². The second-order valence-corrected chi connectivity index (χ2v) is 5.89. The van der Waals surface area contributed by atoms with Gasteiger partial charge in [0.25, 0.3) is 5.91 Å². The number of carbonyl (C=O) groups is 1. The van der Waals surface area contributed by atoms with E-state index in [1.165, 1.54) is 6.42 Å². The molecule has 0 unspecified atom stereocenters. The molecular weight excluding hydrogens is 339 g/mol. The fourth-order valence-corrected chi connectivity index (χ4v) is 2.63. The number of nitrogens with zero attached hydrogens (tertiary/aromatic N) is 2. The molecule has 1 heterocycles. The number of carbonyl (C=O) groups excluding carboxylic acids is 1. The molecule has 1 amide bonds. The normalized spacial score (nSPS) is 16.9. The van der Waals surface area contributed by atoms with Crippen LogP contribution in [0.4, 0.5) is 0 Å². The molecule has 0 spiro atoms. The first kappa shape index (κ1) is 13.8. The number of halogens is 1. The highest BCUT2D eigenvalue weighted by Crippen LogP contribution is 2.11. The molecule has 98 valence electrons. The second kappa shape index (κ2) is 6.52. The topological polar surface area (TPSA) is 23.6 Å². The number of hydrogen-bond donors (Lipinski definition) is 0. The van der Waals surface area contributed by atoms with E-state index in [1.807, 2.05) is 29.2 Å². The van der Waals surface area contributed by atoms with Gasteiger partial charge in [-0.25, -0.2) is 0 Å². The van der Waals surface area contributed by atoms with Crippen LogP contribution in [0.2, 0.25) is 0 Å². The molecule has 18 heavy (non-hydrogen) atoms. The third-order valence-electron chi connectivity index (χ3n) is 3.29. The molecular formula is C14H19IN2O. The van der Waals surface area contributed by atoms with Gasteiger partial charge < -0.3 is 4.90 Å². The molecule has 1 aliphatic rings. The van der Waals surface area contributed by atoms with E-state index in [-0.39, 0.29) is 5.91 Å². The van der Waals surface area contributed by atoms with Gasteiger partial charge in [-0.3, -0.25) is 9.69 Å². The molecule has 0 bridgehead atoms. The van der Waals surface area contributed by atoms with Crippen molar-refractivity contribution in [3.8, 4) is 0 Å². The summed E-state index contributed by atoms with van der Waals surface area (Å²) < 4.78 is 1.16. The minimum atomic E-state index is 0.169. The Morgan fingerprint density at radius 3 is 2.33 bits per heavy atom. The Balaban J connectivity index is 1.93. The fraction of sp³-hybridized carbons (Fsp3) is 0.500. The zero-order valence-electron chi connectivity index (χ0n) is 10.7. The predicted molar refractivity (Wildman–Crippen MR) is 81.8 cm³/mol. The van der Waals surface area contributed by atoms with Gasteiger partial charge in [0.15, 0.2) is 0 Å². The van der Waals surface area contributed by atoms with Crippen molar-refractivity contribution >= 4 is 28.5 Å². The number of amides is 1. The van der Waals surface area contributed by atoms with Crippen molar-refractivity contribution in [3.05, 3.63) is 33.4 Å². The summed E-state index contributed by atoms with van der Waals surface area (Å²) in [5.41, 5.74) is 0.805. The average molecular weight is 358 g/mol. The Bertz CT molecular complexity index is 397. The summed E-state index contributed by atoms with van der Waals surface area (Å²) in [5, 5.41) is 0. The maximum atomic E-state index is 12.3. The third-order valence-corrected chi connectivity index (χ3v) is 4.01. The monoisotopic (exact) mass is 358 g/mol. The smallest absolute Gasteiger partial charge is 0.253 e. The van der Waals surface area contributed by atoms with Gasteiger partial charge >= 0.3 is 0 Å². The van der Waals surface area contributed by atoms with Crippen LogP contribution in [0.3, 0.4) is 0 Å². The number of piperazine rings is 1. The van der Waals surface area contributed by atoms with Crippen LogP contribution in [0.5, 0.6) is 0 Å². The summed E-state index contributed by atoms with van der Waals surface area (Å²) in [6.45, 7) is 7.05. The average Bonchev–Trinajstić information content (AvgIpc) is 2.40. The number of hydrogen-bond acceptors (Lipinski definition) is 2. The highest BCUT2D eigenvalue weighted by atomic mass is 127. The van der Waals surface area contributed by atoms with E-state index in [9.17, 15) is 4.79 Å². The number of benzene rings is 1. The van der Waals surface area contributed by atoms with Gasteiger partial charge in [-0.1, -0.05) is 6.92 Å². The zero-order valence-corrected chi connectivity index (χ0v) is 12.9. The molecule has 1 aliphatic heterocycles. The summed E-state index contributed by atoms with van der Waals surface area (Å²) >= 11 is 2.25. The van der Waals surface area contributed by atoms with Crippen LogP contribution >= 0.6 is 22.6 Å². The largest absolute Gasteiger partial charge is 0.336 e. The van der Waals surface area contributed by atoms with Gasteiger partial charge in [-0.15, -0.1) is 0 Å². The zero-order chi connectivity index (χ0) is 13.0. The first-order valence-electron chi connectivity index (χ1n) is 6.48. The lowest BCUT2D eigenvalue weighted by Crippen LogP contribution is -2.48. The van der Waals surface area contributed by atoms with Crippen LogP contribution in [0.15, 0.2) is 24.3 Å². The molecule has 1 aromatic rings. The first-order chi connectivity index (χ1) is 8.70. The summed E-state index contributed by atoms with van der Waals surface area (Å²) in [7, 11) is 0. The molecule has 1 aromatic carbocycles. The van der Waals surface area contributed by atoms with E-state index >= 15 is 0 Å². The molecule has 0 saturated carbocycles. The van der Waals surface area contributed by atoms with E-state index in [1.54, 1.807) is 0 Å². The molecule has 0 atom stereocenters. The van der Waals surface area contributed by atoms with Gasteiger partial charge in [-0.05, 0) is 59.8 Å². The molecule has 3 nitrogen and oxygen atoms in total. The molecule has 0 radical (unpaired) electrons. The van der Waals surface area contributed by atoms with Crippen molar-refractivity contribution in [2.24, 2.45) is 0 Å². The molecule has 2 rings (SSSR count). The predicted octanol–water partition coefficient (Wildman–Crippen LogP) is 2.46. The summed E-state index contributed by atoms with van der Waals surface area (Å²) in [5.74, 6) is 0.169. The second-order valence-electron chi connectivity index (χ2n) is 4.64. The minimum Gasteiger partial charge on any atom is -0.336 e. The van der Waals surface area contributed by atoms with Gasteiger partial charge in [0.1, 0.15) is 0 Å². The van der Waals surface area contributed by atoms with Crippen LogP contribution in [0.25, 0.3) is 0 Å². The minimum absolute atomic E-state index is 0.169. The number of rotatable bonds is 3. The summed E-state index contributed by atoms with van der Waals surface area (Å²) in [6, 6.07) is 7.81. The van der Waals surface area contributed by atoms with Crippen molar-refractivity contribution in [2.75, 3.05) is 32.7 Å². The van der Waals surface area contributed by atoms with E-state index < -0.39 is 0 Å². The summed E-state index contributed by atoms with van der Waals surface area (Å²) in [4.78, 5) is 16.7. The standard InChI is InChI=1S/C14H19IN2O/c1-2-7-16-8-10-17(11-9-16)14(18)12-3-5-13(15)6-4-12/h3-6H,2,7-11H2,1H3. The lowest BCUT2D eigenvalue weighted by Gasteiger charge is -2.34. The molecule has 4 heteroatoms. The van der Waals surface area contributed by atoms with Gasteiger partial charge in [0.2, 0.25) is 0 Å². The fourth-order valence-electron chi connectivity index (χ4n) is 2.27. The molecule has 1 fully saturated rings. The molecule has 0 N–H and O–H groups in total. The maximum Gasteiger partial charge on any atom is 0.253 e. The van der Waals surface area contributed by atoms with Crippen molar-refractivity contribution in [1.82, 2.24) is 9.80 Å². The highest BCUT2D eigenvalue weighted by molar-refractivity contribution is 14.1. The Morgan fingerprint density at radius 2 is 1.78 bits per heavy atom.